The van der Waals surface area contributed by atoms with Gasteiger partial charge in [0, 0.05) is 75.2 Å². The summed E-state index contributed by atoms with van der Waals surface area (Å²) in [6.07, 6.45) is -0.166. The average molecular weight is 641 g/mol. The lowest BCUT2D eigenvalue weighted by Crippen LogP contribution is -2.56. The Balaban J connectivity index is 0.956. The first-order valence-corrected chi connectivity index (χ1v) is 16.1. The lowest BCUT2D eigenvalue weighted by atomic mass is 10.0. The van der Waals surface area contributed by atoms with Crippen LogP contribution in [0, 0.1) is 17.2 Å². The number of aromatic nitrogens is 2. The van der Waals surface area contributed by atoms with Crippen molar-refractivity contribution in [1.29, 1.82) is 5.26 Å². The first-order chi connectivity index (χ1) is 22.9. The molecule has 2 aromatic carbocycles. The van der Waals surface area contributed by atoms with E-state index in [2.05, 4.69) is 48.6 Å². The third-order valence-electron chi connectivity index (χ3n) is 9.37. The van der Waals surface area contributed by atoms with E-state index in [1.807, 2.05) is 12.1 Å². The number of amides is 2. The molecule has 2 N–H and O–H groups in total. The van der Waals surface area contributed by atoms with E-state index in [1.54, 1.807) is 30.5 Å². The molecule has 2 amide bonds. The minimum Gasteiger partial charge on any atom is -0.486 e. The lowest BCUT2D eigenvalue weighted by Gasteiger charge is -2.43. The van der Waals surface area contributed by atoms with Gasteiger partial charge in [-0.25, -0.2) is 14.4 Å². The van der Waals surface area contributed by atoms with E-state index in [0.717, 1.165) is 45.1 Å². The zero-order valence-electron chi connectivity index (χ0n) is 26.0. The number of piperidine rings is 1. The second kappa shape index (κ2) is 13.5. The highest BCUT2D eigenvalue weighted by molar-refractivity contribution is 5.89. The molecule has 0 unspecified atom stereocenters. The van der Waals surface area contributed by atoms with Gasteiger partial charge in [-0.05, 0) is 48.5 Å². The van der Waals surface area contributed by atoms with Crippen LogP contribution in [0.25, 0.3) is 11.4 Å². The van der Waals surface area contributed by atoms with Gasteiger partial charge in [-0.15, -0.1) is 0 Å². The molecule has 0 spiro atoms. The number of nitriles is 1. The summed E-state index contributed by atoms with van der Waals surface area (Å²) in [4.78, 5) is 39.7. The molecule has 3 atom stereocenters. The fourth-order valence-corrected chi connectivity index (χ4v) is 6.53. The molecule has 4 fully saturated rings. The summed E-state index contributed by atoms with van der Waals surface area (Å²) in [5, 5.41) is 15.9. The van der Waals surface area contributed by atoms with E-state index in [4.69, 9.17) is 9.47 Å². The van der Waals surface area contributed by atoms with Crippen molar-refractivity contribution in [2.24, 2.45) is 5.92 Å². The Morgan fingerprint density at radius 1 is 1.09 bits per heavy atom. The van der Waals surface area contributed by atoms with E-state index in [0.29, 0.717) is 29.8 Å². The quantitative estimate of drug-likeness (QED) is 0.378. The Labute approximate surface area is 272 Å². The summed E-state index contributed by atoms with van der Waals surface area (Å²) in [6.45, 7) is 6.25. The molecule has 5 heterocycles. The van der Waals surface area contributed by atoms with Crippen LogP contribution in [0.3, 0.4) is 0 Å². The Hall–Kier alpha value is -4.80. The highest BCUT2D eigenvalue weighted by Crippen LogP contribution is 2.30. The van der Waals surface area contributed by atoms with E-state index < -0.39 is 18.2 Å². The van der Waals surface area contributed by atoms with Gasteiger partial charge in [0.05, 0.1) is 37.3 Å². The number of anilines is 3. The molecule has 0 saturated carbocycles. The van der Waals surface area contributed by atoms with Gasteiger partial charge in [0.2, 0.25) is 11.8 Å². The summed E-state index contributed by atoms with van der Waals surface area (Å²) >= 11 is 0. The molecule has 47 heavy (non-hydrogen) atoms. The molecule has 13 heteroatoms. The van der Waals surface area contributed by atoms with E-state index >= 15 is 4.39 Å². The number of carbonyl (C=O) groups is 2. The van der Waals surface area contributed by atoms with Crippen LogP contribution < -0.4 is 20.3 Å². The zero-order chi connectivity index (χ0) is 32.3. The fraction of sp³-hybridized carbons (Fsp3) is 0.441. The Kier molecular flexibility index (Phi) is 8.86. The number of nitrogens with one attached hydrogen (secondary N) is 2. The van der Waals surface area contributed by atoms with Crippen molar-refractivity contribution in [1.82, 2.24) is 25.1 Å². The Morgan fingerprint density at radius 3 is 2.57 bits per heavy atom. The minimum atomic E-state index is -1.43. The van der Waals surface area contributed by atoms with Crippen LogP contribution >= 0.6 is 0 Å². The second-order valence-electron chi connectivity index (χ2n) is 12.4. The molecule has 0 radical (unpaired) electrons. The van der Waals surface area contributed by atoms with Crippen molar-refractivity contribution >= 4 is 29.0 Å². The number of halogens is 1. The van der Waals surface area contributed by atoms with Gasteiger partial charge in [-0.3, -0.25) is 14.5 Å². The van der Waals surface area contributed by atoms with Crippen molar-refractivity contribution in [2.45, 2.75) is 31.2 Å². The molecular weight excluding hydrogens is 603 g/mol. The highest BCUT2D eigenvalue weighted by atomic mass is 19.1. The van der Waals surface area contributed by atoms with Crippen LogP contribution in [-0.4, -0.2) is 109 Å². The van der Waals surface area contributed by atoms with Crippen LogP contribution in [0.15, 0.2) is 54.7 Å². The summed E-state index contributed by atoms with van der Waals surface area (Å²) in [5.41, 5.74) is 2.94. The molecular formula is C34H37FN8O4. The molecule has 244 valence electrons. The van der Waals surface area contributed by atoms with Crippen molar-refractivity contribution in [3.05, 3.63) is 60.3 Å². The van der Waals surface area contributed by atoms with Crippen LogP contribution in [-0.2, 0) is 14.3 Å². The van der Waals surface area contributed by atoms with E-state index in [-0.39, 0.29) is 49.1 Å². The van der Waals surface area contributed by atoms with Crippen LogP contribution in [0.5, 0.6) is 5.75 Å². The summed E-state index contributed by atoms with van der Waals surface area (Å²) in [6, 6.07) is 17.8. The Morgan fingerprint density at radius 2 is 1.89 bits per heavy atom. The summed E-state index contributed by atoms with van der Waals surface area (Å²) in [7, 11) is 0. The summed E-state index contributed by atoms with van der Waals surface area (Å²) in [5.74, 6) is 0.471. The van der Waals surface area contributed by atoms with Crippen molar-refractivity contribution in [2.75, 3.05) is 69.2 Å². The molecule has 0 aliphatic carbocycles. The number of ether oxygens (including phenoxy) is 2. The molecule has 1 aromatic heterocycles. The number of piperazine rings is 1. The number of benzene rings is 2. The minimum absolute atomic E-state index is 0.113. The van der Waals surface area contributed by atoms with Crippen LogP contribution in [0.2, 0.25) is 0 Å². The first-order valence-electron chi connectivity index (χ1n) is 16.1. The van der Waals surface area contributed by atoms with Gasteiger partial charge in [-0.1, -0.05) is 0 Å². The number of hydrogen-bond donors (Lipinski definition) is 2. The average Bonchev–Trinajstić information content (AvgIpc) is 3.51. The van der Waals surface area contributed by atoms with Crippen molar-refractivity contribution in [3.8, 4) is 23.2 Å². The smallest absolute Gasteiger partial charge is 0.228 e. The molecule has 0 bridgehead atoms. The molecule has 4 aliphatic rings. The van der Waals surface area contributed by atoms with Gasteiger partial charge >= 0.3 is 0 Å². The van der Waals surface area contributed by atoms with Gasteiger partial charge < -0.3 is 29.9 Å². The predicted octanol–water partition coefficient (Wildman–Crippen LogP) is 2.73. The number of carbonyl (C=O) groups excluding carboxylic acids is 2. The van der Waals surface area contributed by atoms with Crippen molar-refractivity contribution < 1.29 is 23.5 Å². The molecule has 7 rings (SSSR count). The standard InChI is InChI=1S/C34H37FN8O4/c35-28-19-43(34(45)24-16-32(44)38-18-24)10-8-30(28)47-29-6-1-22(15-23(29)17-36)33-37-9-7-31(40-33)39-25-2-4-26(5-3-25)41-11-13-42(14-12-41)27-20-46-21-27/h1-7,9,15,24,27-28,30H,8,10-14,16,18-21H2,(H,38,44)(H,37,39,40)/t24-,28+,30-/m0/s1. The third kappa shape index (κ3) is 6.84. The third-order valence-corrected chi connectivity index (χ3v) is 9.37. The first kappa shape index (κ1) is 30.8. The highest BCUT2D eigenvalue weighted by Gasteiger charge is 2.38. The monoisotopic (exact) mass is 640 g/mol. The van der Waals surface area contributed by atoms with Crippen molar-refractivity contribution in [3.63, 3.8) is 0 Å². The lowest BCUT2D eigenvalue weighted by molar-refractivity contribution is -0.139. The number of likely N-dealkylation sites (tertiary alicyclic amines) is 1. The number of nitrogens with zero attached hydrogens (tertiary/aromatic N) is 6. The molecule has 4 saturated heterocycles. The Bertz CT molecular complexity index is 1650. The second-order valence-corrected chi connectivity index (χ2v) is 12.4. The number of rotatable bonds is 8. The molecule has 3 aromatic rings. The van der Waals surface area contributed by atoms with Crippen LogP contribution in [0.1, 0.15) is 18.4 Å². The predicted molar refractivity (Wildman–Crippen MR) is 172 cm³/mol. The maximum absolute atomic E-state index is 15.2. The largest absolute Gasteiger partial charge is 0.486 e. The van der Waals surface area contributed by atoms with Gasteiger partial charge in [0.25, 0.3) is 0 Å². The number of alkyl halides is 1. The van der Waals surface area contributed by atoms with Gasteiger partial charge in [-0.2, -0.15) is 5.26 Å². The van der Waals surface area contributed by atoms with E-state index in [1.165, 1.54) is 10.6 Å². The van der Waals surface area contributed by atoms with E-state index in [9.17, 15) is 14.9 Å². The zero-order valence-corrected chi connectivity index (χ0v) is 26.0. The van der Waals surface area contributed by atoms with Gasteiger partial charge in [0.15, 0.2) is 12.0 Å². The fourth-order valence-electron chi connectivity index (χ4n) is 6.53. The maximum atomic E-state index is 15.2. The maximum Gasteiger partial charge on any atom is 0.228 e. The molecule has 4 aliphatic heterocycles. The normalized spacial score (nSPS) is 23.5. The summed E-state index contributed by atoms with van der Waals surface area (Å²) < 4.78 is 26.5. The SMILES string of the molecule is N#Cc1cc(-c2nccc(Nc3ccc(N4CCN(C5COC5)CC4)cc3)n2)ccc1O[C@H]1CCN(C(=O)[C@@H]2CNC(=O)C2)C[C@H]1F. The van der Waals surface area contributed by atoms with Crippen LogP contribution in [0.4, 0.5) is 21.6 Å². The topological polar surface area (TPSA) is 136 Å². The molecule has 12 nitrogen and oxygen atoms in total. The van der Waals surface area contributed by atoms with Gasteiger partial charge in [0.1, 0.15) is 23.7 Å². The number of hydrogen-bond acceptors (Lipinski definition) is 10.